The zero-order chi connectivity index (χ0) is 7.40. The van der Waals surface area contributed by atoms with Gasteiger partial charge in [-0.05, 0) is 17.9 Å². The van der Waals surface area contributed by atoms with E-state index in [1.54, 1.807) is 0 Å². The van der Waals surface area contributed by atoms with Crippen LogP contribution in [-0.2, 0) is 0 Å². The van der Waals surface area contributed by atoms with Crippen molar-refractivity contribution in [3.63, 3.8) is 0 Å². The van der Waals surface area contributed by atoms with E-state index in [2.05, 4.69) is 44.2 Å². The maximum atomic E-state index is 2.26. The highest BCUT2D eigenvalue weighted by Gasteiger charge is 1.98. The average Bonchev–Trinajstić information content (AvgIpc) is 2.05. The smallest absolute Gasteiger partial charge is 0.0193 e. The Bertz CT molecular complexity index is 181. The summed E-state index contributed by atoms with van der Waals surface area (Å²) in [5.41, 5.74) is 1.45. The summed E-state index contributed by atoms with van der Waals surface area (Å²) in [6.07, 6.45) is 1.23. The van der Waals surface area contributed by atoms with E-state index in [1.165, 1.54) is 12.0 Å². The van der Waals surface area contributed by atoms with Gasteiger partial charge in [-0.1, -0.05) is 44.2 Å². The fraction of sp³-hybridized carbons (Fsp3) is 0.400. The summed E-state index contributed by atoms with van der Waals surface area (Å²) in [6.45, 7) is 4.48. The molecule has 0 aromatic heterocycles. The molecule has 1 nitrogen and oxygen atoms in total. The minimum absolute atomic E-state index is 0. The predicted molar refractivity (Wildman–Crippen MR) is 50.2 cm³/mol. The van der Waals surface area contributed by atoms with E-state index in [0.717, 1.165) is 0 Å². The normalized spacial score (nSPS) is 11.8. The van der Waals surface area contributed by atoms with E-state index >= 15 is 0 Å². The van der Waals surface area contributed by atoms with Crippen LogP contribution >= 0.6 is 0 Å². The van der Waals surface area contributed by atoms with E-state index in [9.17, 15) is 0 Å². The number of benzene rings is 1. The quantitative estimate of drug-likeness (QED) is 0.691. The van der Waals surface area contributed by atoms with E-state index in [-0.39, 0.29) is 6.15 Å². The highest BCUT2D eigenvalue weighted by atomic mass is 14.0. The Morgan fingerprint density at radius 2 is 1.73 bits per heavy atom. The molecule has 1 aromatic rings. The molecule has 0 aliphatic rings. The minimum atomic E-state index is 0. The molecule has 0 radical (unpaired) electrons. The lowest BCUT2D eigenvalue weighted by molar-refractivity contribution is 0.733. The highest BCUT2D eigenvalue weighted by molar-refractivity contribution is 5.18. The third-order valence-electron chi connectivity index (χ3n) is 1.98. The van der Waals surface area contributed by atoms with Crippen molar-refractivity contribution in [2.24, 2.45) is 0 Å². The van der Waals surface area contributed by atoms with Gasteiger partial charge in [-0.15, -0.1) is 0 Å². The van der Waals surface area contributed by atoms with Crippen molar-refractivity contribution in [3.8, 4) is 0 Å². The topological polar surface area (TPSA) is 35.0 Å². The fourth-order valence-corrected chi connectivity index (χ4v) is 1.02. The third-order valence-corrected chi connectivity index (χ3v) is 1.98. The van der Waals surface area contributed by atoms with Gasteiger partial charge in [0.15, 0.2) is 0 Å². The minimum Gasteiger partial charge on any atom is -0.344 e. The molecular formula is C10H17N. The van der Waals surface area contributed by atoms with Gasteiger partial charge in [-0.2, -0.15) is 0 Å². The molecule has 0 heterocycles. The van der Waals surface area contributed by atoms with Gasteiger partial charge in [0, 0.05) is 0 Å². The van der Waals surface area contributed by atoms with Gasteiger partial charge in [0.25, 0.3) is 0 Å². The summed E-state index contributed by atoms with van der Waals surface area (Å²) >= 11 is 0. The third kappa shape index (κ3) is 2.72. The molecule has 0 aliphatic heterocycles. The fourth-order valence-electron chi connectivity index (χ4n) is 1.02. The van der Waals surface area contributed by atoms with Crippen molar-refractivity contribution >= 4 is 0 Å². The Labute approximate surface area is 69.0 Å². The van der Waals surface area contributed by atoms with Gasteiger partial charge in [-0.3, -0.25) is 0 Å². The molecule has 1 heteroatoms. The first-order valence-electron chi connectivity index (χ1n) is 3.89. The summed E-state index contributed by atoms with van der Waals surface area (Å²) in [7, 11) is 0. The SMILES string of the molecule is CCC(C)c1ccccc1.N. The second-order valence-corrected chi connectivity index (χ2v) is 2.72. The molecule has 1 atom stereocenters. The first-order valence-corrected chi connectivity index (χ1v) is 3.89. The first kappa shape index (κ1) is 10.2. The maximum absolute atomic E-state index is 2.26. The molecule has 1 aromatic carbocycles. The predicted octanol–water partition coefficient (Wildman–Crippen LogP) is 3.36. The molecular weight excluding hydrogens is 134 g/mol. The van der Waals surface area contributed by atoms with Crippen molar-refractivity contribution in [2.45, 2.75) is 26.2 Å². The van der Waals surface area contributed by atoms with Gasteiger partial charge in [0.05, 0.1) is 0 Å². The van der Waals surface area contributed by atoms with Gasteiger partial charge >= 0.3 is 0 Å². The van der Waals surface area contributed by atoms with E-state index in [4.69, 9.17) is 0 Å². The van der Waals surface area contributed by atoms with Crippen LogP contribution in [0.4, 0.5) is 0 Å². The highest BCUT2D eigenvalue weighted by Crippen LogP contribution is 2.16. The number of rotatable bonds is 2. The standard InChI is InChI=1S/C10H14.H3N/c1-3-9(2)10-7-5-4-6-8-10;/h4-9H,3H2,1-2H3;1H3. The monoisotopic (exact) mass is 151 g/mol. The Balaban J connectivity index is 0.000001000. The first-order chi connectivity index (χ1) is 4.84. The zero-order valence-corrected chi connectivity index (χ0v) is 7.38. The largest absolute Gasteiger partial charge is 0.344 e. The lowest BCUT2D eigenvalue weighted by Gasteiger charge is -2.06. The van der Waals surface area contributed by atoms with Crippen molar-refractivity contribution in [3.05, 3.63) is 35.9 Å². The molecule has 0 aliphatic carbocycles. The lowest BCUT2D eigenvalue weighted by Crippen LogP contribution is -1.88. The molecule has 11 heavy (non-hydrogen) atoms. The van der Waals surface area contributed by atoms with Gasteiger partial charge < -0.3 is 6.15 Å². The van der Waals surface area contributed by atoms with Gasteiger partial charge in [0.1, 0.15) is 0 Å². The van der Waals surface area contributed by atoms with Crippen LogP contribution < -0.4 is 6.15 Å². The molecule has 62 valence electrons. The van der Waals surface area contributed by atoms with E-state index < -0.39 is 0 Å². The average molecular weight is 151 g/mol. The molecule has 0 saturated heterocycles. The lowest BCUT2D eigenvalue weighted by atomic mass is 9.99. The van der Waals surface area contributed by atoms with Crippen LogP contribution in [0.2, 0.25) is 0 Å². The maximum Gasteiger partial charge on any atom is -0.0193 e. The van der Waals surface area contributed by atoms with Crippen LogP contribution in [0, 0.1) is 0 Å². The summed E-state index contributed by atoms with van der Waals surface area (Å²) in [4.78, 5) is 0. The molecule has 0 fully saturated rings. The van der Waals surface area contributed by atoms with Crippen LogP contribution in [0.15, 0.2) is 30.3 Å². The van der Waals surface area contributed by atoms with Crippen LogP contribution in [0.5, 0.6) is 0 Å². The molecule has 0 spiro atoms. The molecule has 0 bridgehead atoms. The second-order valence-electron chi connectivity index (χ2n) is 2.72. The van der Waals surface area contributed by atoms with Gasteiger partial charge in [-0.25, -0.2) is 0 Å². The summed E-state index contributed by atoms with van der Waals surface area (Å²) in [5.74, 6) is 0.709. The summed E-state index contributed by atoms with van der Waals surface area (Å²) < 4.78 is 0. The molecule has 1 rings (SSSR count). The second kappa shape index (κ2) is 4.91. The van der Waals surface area contributed by atoms with E-state index in [0.29, 0.717) is 5.92 Å². The molecule has 1 unspecified atom stereocenters. The van der Waals surface area contributed by atoms with Crippen molar-refractivity contribution in [1.82, 2.24) is 6.15 Å². The number of hydrogen-bond donors (Lipinski definition) is 1. The van der Waals surface area contributed by atoms with Crippen LogP contribution in [-0.4, -0.2) is 0 Å². The van der Waals surface area contributed by atoms with Gasteiger partial charge in [0.2, 0.25) is 0 Å². The van der Waals surface area contributed by atoms with Crippen molar-refractivity contribution < 1.29 is 0 Å². The van der Waals surface area contributed by atoms with Crippen molar-refractivity contribution in [1.29, 1.82) is 0 Å². The Hall–Kier alpha value is -0.820. The van der Waals surface area contributed by atoms with E-state index in [1.807, 2.05) is 0 Å². The Morgan fingerprint density at radius 3 is 2.18 bits per heavy atom. The van der Waals surface area contributed by atoms with Crippen LogP contribution in [0.1, 0.15) is 31.7 Å². The van der Waals surface area contributed by atoms with Crippen molar-refractivity contribution in [2.75, 3.05) is 0 Å². The Kier molecular flexibility index (Phi) is 4.55. The number of hydrogen-bond acceptors (Lipinski definition) is 1. The summed E-state index contributed by atoms with van der Waals surface area (Å²) in [5, 5.41) is 0. The summed E-state index contributed by atoms with van der Waals surface area (Å²) in [6, 6.07) is 10.6. The Morgan fingerprint density at radius 1 is 1.18 bits per heavy atom. The van der Waals surface area contributed by atoms with Crippen LogP contribution in [0.3, 0.4) is 0 Å². The molecule has 0 amide bonds. The zero-order valence-electron chi connectivity index (χ0n) is 7.38. The van der Waals surface area contributed by atoms with Crippen LogP contribution in [0.25, 0.3) is 0 Å². The molecule has 0 saturated carbocycles. The molecule has 3 N–H and O–H groups in total.